The third kappa shape index (κ3) is 3.97. The molecular formula is C19H25NO4. The van der Waals surface area contributed by atoms with E-state index >= 15 is 0 Å². The van der Waals surface area contributed by atoms with Crippen LogP contribution in [0.3, 0.4) is 0 Å². The van der Waals surface area contributed by atoms with Crippen LogP contribution in [0.1, 0.15) is 31.7 Å². The Morgan fingerprint density at radius 2 is 2.21 bits per heavy atom. The van der Waals surface area contributed by atoms with Gasteiger partial charge in [0.25, 0.3) is 0 Å². The maximum Gasteiger partial charge on any atom is 0.336 e. The second kappa shape index (κ2) is 7.36. The van der Waals surface area contributed by atoms with Crippen LogP contribution in [0.15, 0.2) is 33.5 Å². The molecular weight excluding hydrogens is 306 g/mol. The van der Waals surface area contributed by atoms with Crippen molar-refractivity contribution in [3.63, 3.8) is 0 Å². The van der Waals surface area contributed by atoms with Gasteiger partial charge in [-0.3, -0.25) is 4.90 Å². The first-order valence-electron chi connectivity index (χ1n) is 8.62. The minimum Gasteiger partial charge on any atom is -0.491 e. The van der Waals surface area contributed by atoms with Gasteiger partial charge in [0.15, 0.2) is 0 Å². The Morgan fingerprint density at radius 3 is 3.00 bits per heavy atom. The summed E-state index contributed by atoms with van der Waals surface area (Å²) in [5.41, 5.74) is 1.03. The Hall–Kier alpha value is -1.85. The molecule has 1 saturated heterocycles. The molecule has 0 amide bonds. The summed E-state index contributed by atoms with van der Waals surface area (Å²) in [4.78, 5) is 13.8. The highest BCUT2D eigenvalue weighted by Gasteiger charge is 2.21. The Bertz CT molecular complexity index is 755. The second-order valence-electron chi connectivity index (χ2n) is 6.71. The van der Waals surface area contributed by atoms with Gasteiger partial charge in [-0.15, -0.1) is 0 Å². The van der Waals surface area contributed by atoms with Crippen LogP contribution in [-0.4, -0.2) is 41.8 Å². The second-order valence-corrected chi connectivity index (χ2v) is 6.71. The molecule has 2 unspecified atom stereocenters. The molecule has 2 aromatic rings. The highest BCUT2D eigenvalue weighted by Crippen LogP contribution is 2.22. The van der Waals surface area contributed by atoms with Gasteiger partial charge in [-0.05, 0) is 50.9 Å². The Kier molecular flexibility index (Phi) is 5.21. The van der Waals surface area contributed by atoms with Crippen molar-refractivity contribution in [3.05, 3.63) is 40.2 Å². The number of aliphatic hydroxyl groups is 1. The van der Waals surface area contributed by atoms with Crippen LogP contribution >= 0.6 is 0 Å². The molecule has 0 radical (unpaired) electrons. The van der Waals surface area contributed by atoms with Crippen molar-refractivity contribution in [2.24, 2.45) is 0 Å². The van der Waals surface area contributed by atoms with Crippen LogP contribution < -0.4 is 10.4 Å². The number of hydrogen-bond donors (Lipinski definition) is 1. The van der Waals surface area contributed by atoms with Crippen molar-refractivity contribution in [3.8, 4) is 5.75 Å². The van der Waals surface area contributed by atoms with E-state index in [9.17, 15) is 9.90 Å². The lowest BCUT2D eigenvalue weighted by molar-refractivity contribution is 0.0438. The van der Waals surface area contributed by atoms with Crippen LogP contribution in [0, 0.1) is 6.92 Å². The van der Waals surface area contributed by atoms with Crippen LogP contribution in [0.5, 0.6) is 5.75 Å². The summed E-state index contributed by atoms with van der Waals surface area (Å²) in [6.45, 7) is 5.98. The summed E-state index contributed by atoms with van der Waals surface area (Å²) < 4.78 is 10.9. The van der Waals surface area contributed by atoms with Crippen molar-refractivity contribution in [1.82, 2.24) is 4.90 Å². The van der Waals surface area contributed by atoms with Crippen molar-refractivity contribution in [1.29, 1.82) is 0 Å². The molecule has 0 bridgehead atoms. The average Bonchev–Trinajstić information content (AvgIpc) is 2.54. The summed E-state index contributed by atoms with van der Waals surface area (Å²) in [6, 6.07) is 7.42. The van der Waals surface area contributed by atoms with Crippen molar-refractivity contribution in [2.75, 3.05) is 19.7 Å². The van der Waals surface area contributed by atoms with Crippen LogP contribution in [-0.2, 0) is 0 Å². The maximum absolute atomic E-state index is 11.5. The third-order valence-electron chi connectivity index (χ3n) is 4.75. The molecule has 3 rings (SSSR count). The standard InChI is InChI=1S/C19H25NO4/c1-13-9-19(22)24-18-10-16(6-7-17(13)18)23-12-15(21)11-20-8-4-3-5-14(20)2/h6-7,9-10,14-15,21H,3-5,8,11-12H2,1-2H3. The monoisotopic (exact) mass is 331 g/mol. The largest absolute Gasteiger partial charge is 0.491 e. The Morgan fingerprint density at radius 1 is 1.38 bits per heavy atom. The summed E-state index contributed by atoms with van der Waals surface area (Å²) in [5.74, 6) is 0.599. The Labute approximate surface area is 141 Å². The van der Waals surface area contributed by atoms with E-state index in [0.717, 1.165) is 17.5 Å². The molecule has 1 fully saturated rings. The maximum atomic E-state index is 11.5. The zero-order chi connectivity index (χ0) is 17.1. The number of hydrogen-bond acceptors (Lipinski definition) is 5. The molecule has 24 heavy (non-hydrogen) atoms. The Balaban J connectivity index is 1.61. The first-order valence-corrected chi connectivity index (χ1v) is 8.62. The number of ether oxygens (including phenoxy) is 1. The zero-order valence-corrected chi connectivity index (χ0v) is 14.3. The molecule has 1 N–H and O–H groups in total. The predicted molar refractivity (Wildman–Crippen MR) is 93.6 cm³/mol. The van der Waals surface area contributed by atoms with E-state index in [-0.39, 0.29) is 12.2 Å². The van der Waals surface area contributed by atoms with Crippen LogP contribution in [0.25, 0.3) is 11.0 Å². The van der Waals surface area contributed by atoms with Gasteiger partial charge in [-0.1, -0.05) is 6.42 Å². The van der Waals surface area contributed by atoms with Gasteiger partial charge in [0.2, 0.25) is 0 Å². The van der Waals surface area contributed by atoms with Crippen molar-refractivity contribution in [2.45, 2.75) is 45.3 Å². The van der Waals surface area contributed by atoms with E-state index in [2.05, 4.69) is 11.8 Å². The molecule has 1 aliphatic rings. The van der Waals surface area contributed by atoms with Crippen molar-refractivity contribution < 1.29 is 14.3 Å². The quantitative estimate of drug-likeness (QED) is 0.854. The number of aliphatic hydroxyl groups excluding tert-OH is 1. The van der Waals surface area contributed by atoms with E-state index in [1.807, 2.05) is 19.1 Å². The normalized spacial score (nSPS) is 20.2. The fraction of sp³-hybridized carbons (Fsp3) is 0.526. The third-order valence-corrected chi connectivity index (χ3v) is 4.75. The van der Waals surface area contributed by atoms with Gasteiger partial charge in [0, 0.05) is 30.1 Å². The van der Waals surface area contributed by atoms with Crippen LogP contribution in [0.4, 0.5) is 0 Å². The van der Waals surface area contributed by atoms with Crippen LogP contribution in [0.2, 0.25) is 0 Å². The lowest BCUT2D eigenvalue weighted by Crippen LogP contribution is -2.43. The number of nitrogens with zero attached hydrogens (tertiary/aromatic N) is 1. The molecule has 2 heterocycles. The molecule has 0 aliphatic carbocycles. The number of benzene rings is 1. The SMILES string of the molecule is Cc1cc(=O)oc2cc(OCC(O)CN3CCCCC3C)ccc12. The zero-order valence-electron chi connectivity index (χ0n) is 14.3. The van der Waals surface area contributed by atoms with E-state index in [0.29, 0.717) is 23.9 Å². The molecule has 5 heteroatoms. The van der Waals surface area contributed by atoms with Gasteiger partial charge >= 0.3 is 5.63 Å². The van der Waals surface area contributed by atoms with E-state index in [1.165, 1.54) is 25.3 Å². The summed E-state index contributed by atoms with van der Waals surface area (Å²) >= 11 is 0. The fourth-order valence-corrected chi connectivity index (χ4v) is 3.34. The highest BCUT2D eigenvalue weighted by molar-refractivity contribution is 5.81. The molecule has 2 atom stereocenters. The molecule has 1 aliphatic heterocycles. The highest BCUT2D eigenvalue weighted by atomic mass is 16.5. The lowest BCUT2D eigenvalue weighted by Gasteiger charge is -2.34. The van der Waals surface area contributed by atoms with E-state index < -0.39 is 6.10 Å². The summed E-state index contributed by atoms with van der Waals surface area (Å²) in [6.07, 6.45) is 3.12. The molecule has 1 aromatic carbocycles. The molecule has 130 valence electrons. The number of aryl methyl sites for hydroxylation is 1. The summed E-state index contributed by atoms with van der Waals surface area (Å²) in [5, 5.41) is 11.1. The van der Waals surface area contributed by atoms with Gasteiger partial charge in [-0.25, -0.2) is 4.79 Å². The topological polar surface area (TPSA) is 62.9 Å². The molecule has 1 aromatic heterocycles. The van der Waals surface area contributed by atoms with E-state index in [4.69, 9.17) is 9.15 Å². The first-order chi connectivity index (χ1) is 11.5. The molecule has 5 nitrogen and oxygen atoms in total. The van der Waals surface area contributed by atoms with Gasteiger partial charge < -0.3 is 14.3 Å². The first kappa shape index (κ1) is 17.0. The smallest absolute Gasteiger partial charge is 0.336 e. The van der Waals surface area contributed by atoms with E-state index in [1.54, 1.807) is 6.07 Å². The minimum atomic E-state index is -0.536. The molecule has 0 saturated carbocycles. The average molecular weight is 331 g/mol. The van der Waals surface area contributed by atoms with Crippen molar-refractivity contribution >= 4 is 11.0 Å². The molecule has 0 spiro atoms. The minimum absolute atomic E-state index is 0.227. The lowest BCUT2D eigenvalue weighted by atomic mass is 10.0. The number of likely N-dealkylation sites (tertiary alicyclic amines) is 1. The number of rotatable bonds is 5. The fourth-order valence-electron chi connectivity index (χ4n) is 3.34. The number of fused-ring (bicyclic) bond motifs is 1. The van der Waals surface area contributed by atoms with Gasteiger partial charge in [0.1, 0.15) is 24.0 Å². The predicted octanol–water partition coefficient (Wildman–Crippen LogP) is 2.72. The summed E-state index contributed by atoms with van der Waals surface area (Å²) in [7, 11) is 0. The van der Waals surface area contributed by atoms with Gasteiger partial charge in [-0.2, -0.15) is 0 Å². The van der Waals surface area contributed by atoms with Gasteiger partial charge in [0.05, 0.1) is 0 Å². The number of piperidine rings is 1. The number of β-amino-alcohol motifs (C(OH)–C–C–N with tert-alkyl or cyclic N) is 1.